The Morgan fingerprint density at radius 2 is 2.05 bits per heavy atom. The molecule has 2 aromatic heterocycles. The molecule has 6 heteroatoms. The van der Waals surface area contributed by atoms with Gasteiger partial charge in [-0.15, -0.1) is 0 Å². The van der Waals surface area contributed by atoms with Crippen LogP contribution in [0.3, 0.4) is 0 Å². The topological polar surface area (TPSA) is 64.3 Å². The lowest BCUT2D eigenvalue weighted by Gasteiger charge is -2.19. The Labute approximate surface area is 119 Å². The summed E-state index contributed by atoms with van der Waals surface area (Å²) >= 11 is 3.43. The van der Waals surface area contributed by atoms with E-state index in [9.17, 15) is 9.90 Å². The second-order valence-corrected chi connectivity index (χ2v) is 6.14. The number of carboxylic acid groups (broad SMARTS) is 1. The largest absolute Gasteiger partial charge is 0.481 e. The van der Waals surface area contributed by atoms with Crippen LogP contribution in [-0.2, 0) is 5.41 Å². The summed E-state index contributed by atoms with van der Waals surface area (Å²) in [5.74, 6) is 0.375. The number of fused-ring (bicyclic) bond motifs is 1. The molecule has 0 aliphatic rings. The quantitative estimate of drug-likeness (QED) is 0.869. The smallest absolute Gasteiger partial charge is 0.417 e. The van der Waals surface area contributed by atoms with Crippen molar-refractivity contribution in [2.24, 2.45) is 0 Å². The standard InChI is InChI=1S/C13H15BrN2O3/c1-13(2,3)9-5-7-8(14)6-10(19-4)15-11(7)16(9)12(17)18/h5-6H,1-4H3,(H,17,18). The molecule has 0 amide bonds. The van der Waals surface area contributed by atoms with Gasteiger partial charge in [0.15, 0.2) is 5.65 Å². The van der Waals surface area contributed by atoms with Gasteiger partial charge in [0.1, 0.15) is 0 Å². The highest BCUT2D eigenvalue weighted by Crippen LogP contribution is 2.34. The van der Waals surface area contributed by atoms with Crippen molar-refractivity contribution >= 4 is 33.1 Å². The molecular weight excluding hydrogens is 312 g/mol. The molecule has 0 unspecified atom stereocenters. The van der Waals surface area contributed by atoms with Crippen LogP contribution in [0, 0.1) is 0 Å². The normalized spacial score (nSPS) is 11.8. The zero-order valence-electron chi connectivity index (χ0n) is 11.2. The third-order valence-corrected chi connectivity index (χ3v) is 3.52. The number of aromatic nitrogens is 2. The van der Waals surface area contributed by atoms with Crippen LogP contribution in [0.15, 0.2) is 16.6 Å². The highest BCUT2D eigenvalue weighted by molar-refractivity contribution is 9.10. The van der Waals surface area contributed by atoms with Gasteiger partial charge in [0.25, 0.3) is 0 Å². The molecule has 0 saturated heterocycles. The third kappa shape index (κ3) is 2.32. The zero-order valence-corrected chi connectivity index (χ0v) is 12.8. The van der Waals surface area contributed by atoms with Crippen LogP contribution in [0.1, 0.15) is 26.5 Å². The number of hydrogen-bond donors (Lipinski definition) is 1. The Hall–Kier alpha value is -1.56. The van der Waals surface area contributed by atoms with Crippen LogP contribution < -0.4 is 4.74 Å². The fourth-order valence-electron chi connectivity index (χ4n) is 1.96. The molecular formula is C13H15BrN2O3. The SMILES string of the molecule is COc1cc(Br)c2cc(C(C)(C)C)n(C(=O)O)c2n1. The van der Waals surface area contributed by atoms with Crippen molar-refractivity contribution in [3.8, 4) is 5.88 Å². The summed E-state index contributed by atoms with van der Waals surface area (Å²) < 4.78 is 7.06. The van der Waals surface area contributed by atoms with Crippen molar-refractivity contribution < 1.29 is 14.6 Å². The molecule has 102 valence electrons. The number of ether oxygens (including phenoxy) is 1. The zero-order chi connectivity index (χ0) is 14.4. The fraction of sp³-hybridized carbons (Fsp3) is 0.385. The second-order valence-electron chi connectivity index (χ2n) is 5.28. The first kappa shape index (κ1) is 13.9. The van der Waals surface area contributed by atoms with Crippen molar-refractivity contribution in [2.45, 2.75) is 26.2 Å². The molecule has 0 aliphatic carbocycles. The third-order valence-electron chi connectivity index (χ3n) is 2.87. The predicted octanol–water partition coefficient (Wildman–Crippen LogP) is 3.63. The van der Waals surface area contributed by atoms with E-state index in [0.717, 1.165) is 9.86 Å². The molecule has 0 saturated carbocycles. The molecule has 2 rings (SSSR count). The summed E-state index contributed by atoms with van der Waals surface area (Å²) in [5.41, 5.74) is 0.770. The van der Waals surface area contributed by atoms with E-state index in [4.69, 9.17) is 4.74 Å². The van der Waals surface area contributed by atoms with Crippen molar-refractivity contribution in [2.75, 3.05) is 7.11 Å². The Bertz CT molecular complexity index is 656. The molecule has 0 radical (unpaired) electrons. The number of methoxy groups -OCH3 is 1. The maximum Gasteiger partial charge on any atom is 0.417 e. The number of carbonyl (C=O) groups is 1. The van der Waals surface area contributed by atoms with Gasteiger partial charge in [-0.3, -0.25) is 0 Å². The lowest BCUT2D eigenvalue weighted by molar-refractivity contribution is 0.195. The first-order chi connectivity index (χ1) is 8.75. The molecule has 0 atom stereocenters. The number of nitrogens with zero attached hydrogens (tertiary/aromatic N) is 2. The van der Waals surface area contributed by atoms with Crippen molar-refractivity contribution in [1.29, 1.82) is 0 Å². The summed E-state index contributed by atoms with van der Waals surface area (Å²) in [6, 6.07) is 3.57. The van der Waals surface area contributed by atoms with Crippen LogP contribution in [0.25, 0.3) is 11.0 Å². The maximum atomic E-state index is 11.5. The van der Waals surface area contributed by atoms with Crippen molar-refractivity contribution in [3.63, 3.8) is 0 Å². The monoisotopic (exact) mass is 326 g/mol. The van der Waals surface area contributed by atoms with Gasteiger partial charge in [-0.1, -0.05) is 20.8 Å². The molecule has 0 aliphatic heterocycles. The van der Waals surface area contributed by atoms with Gasteiger partial charge in [-0.25, -0.2) is 9.36 Å². The van der Waals surface area contributed by atoms with E-state index in [0.29, 0.717) is 17.2 Å². The van der Waals surface area contributed by atoms with Gasteiger partial charge in [0, 0.05) is 27.0 Å². The average molecular weight is 327 g/mol. The Morgan fingerprint density at radius 1 is 1.42 bits per heavy atom. The van der Waals surface area contributed by atoms with Crippen molar-refractivity contribution in [3.05, 3.63) is 22.3 Å². The number of halogens is 1. The summed E-state index contributed by atoms with van der Waals surface area (Å²) in [5, 5.41) is 10.2. The lowest BCUT2D eigenvalue weighted by Crippen LogP contribution is -2.21. The molecule has 0 spiro atoms. The number of hydrogen-bond acceptors (Lipinski definition) is 3. The van der Waals surface area contributed by atoms with Crippen LogP contribution >= 0.6 is 15.9 Å². The molecule has 0 bridgehead atoms. The highest BCUT2D eigenvalue weighted by atomic mass is 79.9. The number of rotatable bonds is 1. The van der Waals surface area contributed by atoms with E-state index in [-0.39, 0.29) is 5.41 Å². The summed E-state index contributed by atoms with van der Waals surface area (Å²) in [6.07, 6.45) is -1.05. The summed E-state index contributed by atoms with van der Waals surface area (Å²) in [6.45, 7) is 5.89. The minimum Gasteiger partial charge on any atom is -0.481 e. The first-order valence-corrected chi connectivity index (χ1v) is 6.54. The Kier molecular flexibility index (Phi) is 3.30. The average Bonchev–Trinajstić information content (AvgIpc) is 2.68. The minimum absolute atomic E-state index is 0.300. The van der Waals surface area contributed by atoms with E-state index in [1.165, 1.54) is 11.7 Å². The van der Waals surface area contributed by atoms with Crippen molar-refractivity contribution in [1.82, 2.24) is 9.55 Å². The lowest BCUT2D eigenvalue weighted by atomic mass is 9.92. The summed E-state index contributed by atoms with van der Waals surface area (Å²) in [7, 11) is 1.50. The molecule has 0 fully saturated rings. The Morgan fingerprint density at radius 3 is 2.53 bits per heavy atom. The van der Waals surface area contributed by atoms with Crippen LogP contribution in [0.4, 0.5) is 4.79 Å². The highest BCUT2D eigenvalue weighted by Gasteiger charge is 2.26. The van der Waals surface area contributed by atoms with Gasteiger partial charge < -0.3 is 9.84 Å². The van der Waals surface area contributed by atoms with Crippen LogP contribution in [-0.4, -0.2) is 27.9 Å². The summed E-state index contributed by atoms with van der Waals surface area (Å²) in [4.78, 5) is 15.8. The molecule has 19 heavy (non-hydrogen) atoms. The predicted molar refractivity (Wildman–Crippen MR) is 76.1 cm³/mol. The van der Waals surface area contributed by atoms with Crippen LogP contribution in [0.5, 0.6) is 5.88 Å². The van der Waals surface area contributed by atoms with Gasteiger partial charge in [0.2, 0.25) is 5.88 Å². The van der Waals surface area contributed by atoms with Gasteiger partial charge >= 0.3 is 6.09 Å². The number of pyridine rings is 1. The fourth-order valence-corrected chi connectivity index (χ4v) is 2.45. The maximum absolute atomic E-state index is 11.5. The van der Waals surface area contributed by atoms with E-state index in [1.807, 2.05) is 26.8 Å². The Balaban J connectivity index is 2.90. The first-order valence-electron chi connectivity index (χ1n) is 5.75. The van der Waals surface area contributed by atoms with E-state index in [1.54, 1.807) is 6.07 Å². The van der Waals surface area contributed by atoms with E-state index < -0.39 is 6.09 Å². The van der Waals surface area contributed by atoms with Gasteiger partial charge in [-0.05, 0) is 22.0 Å². The molecule has 2 heterocycles. The molecule has 2 aromatic rings. The molecule has 1 N–H and O–H groups in total. The second kappa shape index (κ2) is 4.52. The van der Waals surface area contributed by atoms with E-state index >= 15 is 0 Å². The molecule has 5 nitrogen and oxygen atoms in total. The van der Waals surface area contributed by atoms with Crippen LogP contribution in [0.2, 0.25) is 0 Å². The van der Waals surface area contributed by atoms with E-state index in [2.05, 4.69) is 20.9 Å². The van der Waals surface area contributed by atoms with Gasteiger partial charge in [0.05, 0.1) is 7.11 Å². The van der Waals surface area contributed by atoms with Gasteiger partial charge in [-0.2, -0.15) is 4.98 Å². The minimum atomic E-state index is -1.05. The molecule has 0 aromatic carbocycles.